The van der Waals surface area contributed by atoms with Gasteiger partial charge >= 0.3 is 0 Å². The third-order valence-electron chi connectivity index (χ3n) is 4.69. The Bertz CT molecular complexity index is 800. The Morgan fingerprint density at radius 2 is 2.00 bits per heavy atom. The van der Waals surface area contributed by atoms with Crippen molar-refractivity contribution in [3.63, 3.8) is 0 Å². The summed E-state index contributed by atoms with van der Waals surface area (Å²) < 4.78 is 16.2. The van der Waals surface area contributed by atoms with Gasteiger partial charge in [-0.25, -0.2) is 0 Å². The lowest BCUT2D eigenvalue weighted by molar-refractivity contribution is 0.248. The van der Waals surface area contributed by atoms with Crippen molar-refractivity contribution in [2.24, 2.45) is 0 Å². The summed E-state index contributed by atoms with van der Waals surface area (Å²) in [6.07, 6.45) is 8.21. The smallest absolute Gasteiger partial charge is 0.283 e. The van der Waals surface area contributed by atoms with Gasteiger partial charge in [-0.05, 0) is 25.0 Å². The number of aromatic nitrogens is 4. The van der Waals surface area contributed by atoms with Crippen LogP contribution in [0.5, 0.6) is 0 Å². The minimum atomic E-state index is -0.312. The molecule has 0 radical (unpaired) electrons. The topological polar surface area (TPSA) is 103 Å². The van der Waals surface area contributed by atoms with Crippen molar-refractivity contribution in [1.29, 1.82) is 0 Å². The highest BCUT2D eigenvalue weighted by molar-refractivity contribution is 5.42. The highest BCUT2D eigenvalue weighted by Gasteiger charge is 2.37. The van der Waals surface area contributed by atoms with Crippen molar-refractivity contribution in [1.82, 2.24) is 25.7 Å². The zero-order valence-corrected chi connectivity index (χ0v) is 14.2. The average molecular weight is 343 g/mol. The van der Waals surface area contributed by atoms with Crippen molar-refractivity contribution in [3.05, 3.63) is 36.0 Å². The second-order valence-corrected chi connectivity index (χ2v) is 6.47. The molecule has 1 aliphatic carbocycles. The Balaban J connectivity index is 1.53. The lowest BCUT2D eigenvalue weighted by Crippen LogP contribution is -2.42. The Hall–Kier alpha value is -2.48. The predicted octanol–water partition coefficient (Wildman–Crippen LogP) is 3.36. The highest BCUT2D eigenvalue weighted by Crippen LogP contribution is 2.35. The molecule has 3 heterocycles. The van der Waals surface area contributed by atoms with E-state index in [2.05, 4.69) is 25.7 Å². The van der Waals surface area contributed by atoms with Crippen LogP contribution in [0.2, 0.25) is 0 Å². The summed E-state index contributed by atoms with van der Waals surface area (Å²) in [6.45, 7) is 2.26. The maximum atomic E-state index is 5.69. The molecule has 0 aliphatic heterocycles. The lowest BCUT2D eigenvalue weighted by Gasteiger charge is -2.30. The summed E-state index contributed by atoms with van der Waals surface area (Å²) in [4.78, 5) is 4.48. The van der Waals surface area contributed by atoms with Crippen LogP contribution < -0.4 is 5.32 Å². The van der Waals surface area contributed by atoms with E-state index in [1.54, 1.807) is 18.4 Å². The molecule has 0 atom stereocenters. The molecular formula is C17H21N5O3. The molecule has 8 heteroatoms. The molecule has 1 saturated carbocycles. The number of furan rings is 1. The van der Waals surface area contributed by atoms with Gasteiger partial charge in [0, 0.05) is 6.92 Å². The van der Waals surface area contributed by atoms with Crippen molar-refractivity contribution < 1.29 is 13.4 Å². The number of nitrogens with one attached hydrogen (secondary N) is 1. The molecule has 0 unspecified atom stereocenters. The number of hydrogen-bond donors (Lipinski definition) is 1. The van der Waals surface area contributed by atoms with Gasteiger partial charge in [-0.15, -0.1) is 10.2 Å². The third-order valence-corrected chi connectivity index (χ3v) is 4.69. The van der Waals surface area contributed by atoms with Gasteiger partial charge in [0.25, 0.3) is 5.89 Å². The first-order chi connectivity index (χ1) is 12.3. The van der Waals surface area contributed by atoms with E-state index in [4.69, 9.17) is 13.4 Å². The second kappa shape index (κ2) is 6.79. The molecule has 132 valence electrons. The Morgan fingerprint density at radius 3 is 2.68 bits per heavy atom. The van der Waals surface area contributed by atoms with Crippen LogP contribution in [-0.2, 0) is 12.1 Å². The van der Waals surface area contributed by atoms with Crippen LogP contribution >= 0.6 is 0 Å². The Labute approximate surface area is 145 Å². The lowest BCUT2D eigenvalue weighted by atomic mass is 9.89. The summed E-state index contributed by atoms with van der Waals surface area (Å²) >= 11 is 0. The highest BCUT2D eigenvalue weighted by atomic mass is 16.5. The van der Waals surface area contributed by atoms with Gasteiger partial charge in [-0.1, -0.05) is 30.8 Å². The molecule has 25 heavy (non-hydrogen) atoms. The number of hydrogen-bond acceptors (Lipinski definition) is 8. The molecule has 3 aromatic rings. The molecule has 0 spiro atoms. The van der Waals surface area contributed by atoms with Crippen molar-refractivity contribution >= 4 is 0 Å². The van der Waals surface area contributed by atoms with E-state index in [0.29, 0.717) is 30.0 Å². The fourth-order valence-electron chi connectivity index (χ4n) is 3.37. The van der Waals surface area contributed by atoms with Crippen LogP contribution in [0.15, 0.2) is 31.8 Å². The van der Waals surface area contributed by atoms with Gasteiger partial charge in [0.2, 0.25) is 11.8 Å². The minimum absolute atomic E-state index is 0.312. The first-order valence-corrected chi connectivity index (χ1v) is 8.67. The fourth-order valence-corrected chi connectivity index (χ4v) is 3.37. The van der Waals surface area contributed by atoms with E-state index in [0.717, 1.165) is 31.5 Å². The van der Waals surface area contributed by atoms with Crippen LogP contribution in [0.1, 0.15) is 56.1 Å². The monoisotopic (exact) mass is 343 g/mol. The first kappa shape index (κ1) is 16.0. The van der Waals surface area contributed by atoms with E-state index in [1.165, 1.54) is 12.8 Å². The summed E-state index contributed by atoms with van der Waals surface area (Å²) in [5.41, 5.74) is -0.312. The second-order valence-electron chi connectivity index (χ2n) is 6.47. The molecule has 1 fully saturated rings. The molecule has 8 nitrogen and oxygen atoms in total. The van der Waals surface area contributed by atoms with Gasteiger partial charge < -0.3 is 13.4 Å². The fraction of sp³-hybridized carbons (Fsp3) is 0.529. The van der Waals surface area contributed by atoms with E-state index in [9.17, 15) is 0 Å². The summed E-state index contributed by atoms with van der Waals surface area (Å²) in [5, 5.41) is 15.9. The zero-order chi connectivity index (χ0) is 17.1. The van der Waals surface area contributed by atoms with Crippen LogP contribution in [0.25, 0.3) is 11.7 Å². The van der Waals surface area contributed by atoms with E-state index >= 15 is 0 Å². The summed E-state index contributed by atoms with van der Waals surface area (Å²) in [7, 11) is 0. The molecule has 1 N–H and O–H groups in total. The van der Waals surface area contributed by atoms with E-state index in [1.807, 2.05) is 6.92 Å². The molecule has 0 saturated heterocycles. The summed E-state index contributed by atoms with van der Waals surface area (Å²) in [6, 6.07) is 3.58. The number of nitrogens with zero attached hydrogens (tertiary/aromatic N) is 4. The average Bonchev–Trinajstić information content (AvgIpc) is 3.34. The molecule has 3 aromatic heterocycles. The first-order valence-electron chi connectivity index (χ1n) is 8.67. The largest absolute Gasteiger partial charge is 0.459 e. The predicted molar refractivity (Wildman–Crippen MR) is 87.3 cm³/mol. The maximum Gasteiger partial charge on any atom is 0.283 e. The van der Waals surface area contributed by atoms with Crippen LogP contribution in [0.4, 0.5) is 0 Å². The van der Waals surface area contributed by atoms with E-state index in [-0.39, 0.29) is 5.54 Å². The Morgan fingerprint density at radius 1 is 1.16 bits per heavy atom. The van der Waals surface area contributed by atoms with Crippen molar-refractivity contribution in [2.75, 3.05) is 0 Å². The number of aryl methyl sites for hydroxylation is 1. The Kier molecular flexibility index (Phi) is 4.35. The third kappa shape index (κ3) is 3.34. The van der Waals surface area contributed by atoms with E-state index < -0.39 is 0 Å². The van der Waals surface area contributed by atoms with Gasteiger partial charge in [0.15, 0.2) is 11.6 Å². The molecule has 0 bridgehead atoms. The van der Waals surface area contributed by atoms with Crippen molar-refractivity contribution in [3.8, 4) is 11.7 Å². The maximum absolute atomic E-state index is 5.69. The summed E-state index contributed by atoms with van der Waals surface area (Å²) in [5.74, 6) is 2.76. The molecule has 4 rings (SSSR count). The molecule has 0 amide bonds. The minimum Gasteiger partial charge on any atom is -0.459 e. The molecule has 0 aromatic carbocycles. The standard InChI is InChI=1S/C17H21N5O3/c1-12-19-16(22-25-12)17(8-4-2-3-5-9-17)18-11-14-20-21-15(24-14)13-7-6-10-23-13/h6-7,10,18H,2-5,8-9,11H2,1H3. The molecule has 1 aliphatic rings. The van der Waals surface area contributed by atoms with Crippen LogP contribution in [0.3, 0.4) is 0 Å². The quantitative estimate of drug-likeness (QED) is 0.703. The van der Waals surface area contributed by atoms with Crippen LogP contribution in [0, 0.1) is 6.92 Å². The number of rotatable bonds is 5. The zero-order valence-electron chi connectivity index (χ0n) is 14.2. The SMILES string of the molecule is Cc1nc(C2(NCc3nnc(-c4ccco4)o3)CCCCCC2)no1. The van der Waals surface area contributed by atoms with Gasteiger partial charge in [-0.2, -0.15) is 4.98 Å². The van der Waals surface area contributed by atoms with Crippen LogP contribution in [-0.4, -0.2) is 20.3 Å². The van der Waals surface area contributed by atoms with Gasteiger partial charge in [0.05, 0.1) is 18.3 Å². The van der Waals surface area contributed by atoms with Gasteiger partial charge in [-0.3, -0.25) is 5.32 Å². The molecular weight excluding hydrogens is 322 g/mol. The normalized spacial score (nSPS) is 17.5. The van der Waals surface area contributed by atoms with Crippen molar-refractivity contribution in [2.45, 2.75) is 57.5 Å². The van der Waals surface area contributed by atoms with Gasteiger partial charge in [0.1, 0.15) is 0 Å².